The predicted octanol–water partition coefficient (Wildman–Crippen LogP) is 2.77. The van der Waals surface area contributed by atoms with Crippen molar-refractivity contribution >= 4 is 29.2 Å². The number of nitrogens with zero attached hydrogens (tertiary/aromatic N) is 1. The number of carbonyl (C=O) groups excluding carboxylic acids is 3. The highest BCUT2D eigenvalue weighted by atomic mass is 16.5. The Morgan fingerprint density at radius 1 is 1.08 bits per heavy atom. The van der Waals surface area contributed by atoms with Gasteiger partial charge in [0.2, 0.25) is 11.8 Å². The van der Waals surface area contributed by atoms with Crippen LogP contribution >= 0.6 is 0 Å². The van der Waals surface area contributed by atoms with Gasteiger partial charge in [-0.2, -0.15) is 0 Å². The molecular weight excluding hydrogens is 320 g/mol. The van der Waals surface area contributed by atoms with Gasteiger partial charge < -0.3 is 15.0 Å². The van der Waals surface area contributed by atoms with Crippen LogP contribution in [0.15, 0.2) is 48.5 Å². The van der Waals surface area contributed by atoms with Crippen molar-refractivity contribution < 1.29 is 19.1 Å². The van der Waals surface area contributed by atoms with Crippen LogP contribution in [-0.4, -0.2) is 31.4 Å². The van der Waals surface area contributed by atoms with Crippen LogP contribution in [0.3, 0.4) is 0 Å². The Labute approximate surface area is 146 Å². The highest BCUT2D eigenvalue weighted by Crippen LogP contribution is 2.18. The first-order chi connectivity index (χ1) is 11.9. The Bertz CT molecular complexity index is 802. The summed E-state index contributed by atoms with van der Waals surface area (Å²) in [6.07, 6.45) is 0. The minimum absolute atomic E-state index is 0.158. The SMILES string of the molecule is COC(=O)c1ccccc1NC(=O)CN(C(C)=O)c1cccc(C)c1. The van der Waals surface area contributed by atoms with Crippen LogP contribution in [0.4, 0.5) is 11.4 Å². The number of carbonyl (C=O) groups is 3. The second-order valence-electron chi connectivity index (χ2n) is 5.53. The summed E-state index contributed by atoms with van der Waals surface area (Å²) >= 11 is 0. The summed E-state index contributed by atoms with van der Waals surface area (Å²) in [7, 11) is 1.27. The third kappa shape index (κ3) is 4.67. The molecule has 0 atom stereocenters. The summed E-state index contributed by atoms with van der Waals surface area (Å²) in [6.45, 7) is 3.15. The number of aryl methyl sites for hydroxylation is 1. The summed E-state index contributed by atoms with van der Waals surface area (Å²) in [4.78, 5) is 37.5. The molecule has 0 aliphatic carbocycles. The molecule has 6 nitrogen and oxygen atoms in total. The van der Waals surface area contributed by atoms with Gasteiger partial charge >= 0.3 is 5.97 Å². The monoisotopic (exact) mass is 340 g/mol. The molecule has 0 aliphatic heterocycles. The summed E-state index contributed by atoms with van der Waals surface area (Å²) in [5.74, 6) is -1.20. The van der Waals surface area contributed by atoms with Gasteiger partial charge in [-0.15, -0.1) is 0 Å². The molecule has 2 rings (SSSR count). The molecule has 0 bridgehead atoms. The lowest BCUT2D eigenvalue weighted by molar-refractivity contribution is -0.120. The van der Waals surface area contributed by atoms with E-state index in [2.05, 4.69) is 5.32 Å². The third-order valence-electron chi connectivity index (χ3n) is 3.60. The van der Waals surface area contributed by atoms with Gasteiger partial charge in [-0.1, -0.05) is 24.3 Å². The van der Waals surface area contributed by atoms with Crippen molar-refractivity contribution in [3.63, 3.8) is 0 Å². The number of rotatable bonds is 5. The third-order valence-corrected chi connectivity index (χ3v) is 3.60. The lowest BCUT2D eigenvalue weighted by Gasteiger charge is -2.21. The molecule has 2 aromatic carbocycles. The Morgan fingerprint density at radius 2 is 1.80 bits per heavy atom. The van der Waals surface area contributed by atoms with Crippen LogP contribution in [0.2, 0.25) is 0 Å². The number of hydrogen-bond donors (Lipinski definition) is 1. The zero-order chi connectivity index (χ0) is 18.4. The molecule has 0 saturated heterocycles. The number of nitrogens with one attached hydrogen (secondary N) is 1. The molecule has 0 spiro atoms. The molecule has 6 heteroatoms. The molecule has 0 radical (unpaired) electrons. The Hall–Kier alpha value is -3.15. The van der Waals surface area contributed by atoms with Gasteiger partial charge in [0.05, 0.1) is 18.4 Å². The van der Waals surface area contributed by atoms with Crippen molar-refractivity contribution in [3.05, 3.63) is 59.7 Å². The predicted molar refractivity (Wildman–Crippen MR) is 95.6 cm³/mol. The fourth-order valence-electron chi connectivity index (χ4n) is 2.39. The van der Waals surface area contributed by atoms with Crippen LogP contribution in [0.1, 0.15) is 22.8 Å². The van der Waals surface area contributed by atoms with Crippen molar-refractivity contribution in [1.82, 2.24) is 0 Å². The van der Waals surface area contributed by atoms with Crippen LogP contribution in [0, 0.1) is 6.92 Å². The Kier molecular flexibility index (Phi) is 5.89. The zero-order valence-corrected chi connectivity index (χ0v) is 14.4. The fraction of sp³-hybridized carbons (Fsp3) is 0.211. The first-order valence-electron chi connectivity index (χ1n) is 7.74. The smallest absolute Gasteiger partial charge is 0.339 e. The van der Waals surface area contributed by atoms with Crippen LogP contribution < -0.4 is 10.2 Å². The second kappa shape index (κ2) is 8.10. The molecule has 0 saturated carbocycles. The number of methoxy groups -OCH3 is 1. The van der Waals surface area contributed by atoms with E-state index in [9.17, 15) is 14.4 Å². The van der Waals surface area contributed by atoms with Gasteiger partial charge in [0.15, 0.2) is 0 Å². The fourth-order valence-corrected chi connectivity index (χ4v) is 2.39. The number of para-hydroxylation sites is 1. The molecule has 2 aromatic rings. The van der Waals surface area contributed by atoms with E-state index in [1.54, 1.807) is 30.3 Å². The molecule has 2 amide bonds. The summed E-state index contributed by atoms with van der Waals surface area (Å²) in [5.41, 5.74) is 2.22. The normalized spacial score (nSPS) is 10.0. The minimum Gasteiger partial charge on any atom is -0.465 e. The van der Waals surface area contributed by atoms with Crippen LogP contribution in [0.25, 0.3) is 0 Å². The molecule has 0 fully saturated rings. The van der Waals surface area contributed by atoms with E-state index in [-0.39, 0.29) is 18.0 Å². The van der Waals surface area contributed by atoms with Crippen molar-refractivity contribution in [2.45, 2.75) is 13.8 Å². The Balaban J connectivity index is 2.18. The van der Waals surface area contributed by atoms with Crippen molar-refractivity contribution in [2.24, 2.45) is 0 Å². The van der Waals surface area contributed by atoms with E-state index in [1.165, 1.54) is 18.9 Å². The number of amides is 2. The molecule has 25 heavy (non-hydrogen) atoms. The lowest BCUT2D eigenvalue weighted by Crippen LogP contribution is -2.36. The van der Waals surface area contributed by atoms with E-state index in [4.69, 9.17) is 4.74 Å². The largest absolute Gasteiger partial charge is 0.465 e. The van der Waals surface area contributed by atoms with Crippen LogP contribution in [0.5, 0.6) is 0 Å². The van der Waals surface area contributed by atoms with Gasteiger partial charge in [-0.05, 0) is 36.8 Å². The maximum absolute atomic E-state index is 12.4. The summed E-state index contributed by atoms with van der Waals surface area (Å²) in [6, 6.07) is 13.9. The van der Waals surface area contributed by atoms with Crippen molar-refractivity contribution in [2.75, 3.05) is 23.9 Å². The zero-order valence-electron chi connectivity index (χ0n) is 14.4. The topological polar surface area (TPSA) is 75.7 Å². The maximum atomic E-state index is 12.4. The van der Waals surface area contributed by atoms with E-state index < -0.39 is 11.9 Å². The van der Waals surface area contributed by atoms with Gasteiger partial charge in [-0.3, -0.25) is 9.59 Å². The number of benzene rings is 2. The molecular formula is C19H20N2O4. The summed E-state index contributed by atoms with van der Waals surface area (Å²) in [5, 5.41) is 2.66. The number of anilines is 2. The summed E-state index contributed by atoms with van der Waals surface area (Å²) < 4.78 is 4.71. The van der Waals surface area contributed by atoms with E-state index in [1.807, 2.05) is 25.1 Å². The lowest BCUT2D eigenvalue weighted by atomic mass is 10.1. The molecule has 0 aromatic heterocycles. The molecule has 130 valence electrons. The number of ether oxygens (including phenoxy) is 1. The first kappa shape index (κ1) is 18.2. The minimum atomic E-state index is -0.544. The van der Waals surface area contributed by atoms with Gasteiger partial charge in [0.25, 0.3) is 0 Å². The maximum Gasteiger partial charge on any atom is 0.339 e. The van der Waals surface area contributed by atoms with Gasteiger partial charge in [0.1, 0.15) is 6.54 Å². The molecule has 1 N–H and O–H groups in total. The highest BCUT2D eigenvalue weighted by molar-refractivity contribution is 6.05. The molecule has 0 unspecified atom stereocenters. The van der Waals surface area contributed by atoms with E-state index >= 15 is 0 Å². The van der Waals surface area contributed by atoms with Crippen molar-refractivity contribution in [1.29, 1.82) is 0 Å². The first-order valence-corrected chi connectivity index (χ1v) is 7.74. The van der Waals surface area contributed by atoms with Gasteiger partial charge in [-0.25, -0.2) is 4.79 Å². The van der Waals surface area contributed by atoms with Crippen LogP contribution in [-0.2, 0) is 14.3 Å². The van der Waals surface area contributed by atoms with E-state index in [0.717, 1.165) is 5.56 Å². The quantitative estimate of drug-likeness (QED) is 0.849. The standard InChI is InChI=1S/C19H20N2O4/c1-13-7-6-8-15(11-13)21(14(2)22)12-18(23)20-17-10-5-4-9-16(17)19(24)25-3/h4-11H,12H2,1-3H3,(H,20,23). The average molecular weight is 340 g/mol. The second-order valence-corrected chi connectivity index (χ2v) is 5.53. The number of hydrogen-bond acceptors (Lipinski definition) is 4. The van der Waals surface area contributed by atoms with Gasteiger partial charge in [0, 0.05) is 12.6 Å². The Morgan fingerprint density at radius 3 is 2.44 bits per heavy atom. The molecule has 0 aliphatic rings. The van der Waals surface area contributed by atoms with Crippen molar-refractivity contribution in [3.8, 4) is 0 Å². The average Bonchev–Trinajstić information content (AvgIpc) is 2.59. The van der Waals surface area contributed by atoms with E-state index in [0.29, 0.717) is 11.4 Å². The molecule has 0 heterocycles. The number of esters is 1. The highest BCUT2D eigenvalue weighted by Gasteiger charge is 2.18.